The molecule has 0 aromatic heterocycles. The number of piperidine rings is 1. The second kappa shape index (κ2) is 5.65. The van der Waals surface area contributed by atoms with Gasteiger partial charge in [-0.1, -0.05) is 23.7 Å². The topological polar surface area (TPSA) is 55.8 Å². The average Bonchev–Trinajstić information content (AvgIpc) is 2.72. The largest absolute Gasteiger partial charge is 0.450 e. The molecular weight excluding hydrogens is 306 g/mol. The van der Waals surface area contributed by atoms with Gasteiger partial charge in [-0.2, -0.15) is 5.06 Å². The third kappa shape index (κ3) is 2.33. The fourth-order valence-corrected chi connectivity index (χ4v) is 3.64. The van der Waals surface area contributed by atoms with Crippen molar-refractivity contribution in [2.75, 3.05) is 20.2 Å². The molecule has 1 atom stereocenters. The molecule has 1 unspecified atom stereocenters. The second-order valence-electron chi connectivity index (χ2n) is 5.79. The molecule has 22 heavy (non-hydrogen) atoms. The highest BCUT2D eigenvalue weighted by molar-refractivity contribution is 6.32. The Hall–Kier alpha value is -1.43. The van der Waals surface area contributed by atoms with Gasteiger partial charge in [0.15, 0.2) is 11.4 Å². The molecule has 0 amide bonds. The highest BCUT2D eigenvalue weighted by atomic mass is 35.5. The van der Waals surface area contributed by atoms with Crippen LogP contribution < -0.4 is 0 Å². The first-order valence-electron chi connectivity index (χ1n) is 7.30. The maximum Gasteiger partial charge on any atom is 0.322 e. The quantitative estimate of drug-likeness (QED) is 0.617. The Labute approximate surface area is 134 Å². The molecule has 0 saturated carbocycles. The highest BCUT2D eigenvalue weighted by Gasteiger charge is 2.57. The number of benzene rings is 1. The number of hydroxylamine groups is 2. The zero-order valence-electron chi connectivity index (χ0n) is 12.6. The van der Waals surface area contributed by atoms with Gasteiger partial charge in [0.05, 0.1) is 7.11 Å². The number of nitrogens with zero attached hydrogens (tertiary/aromatic N) is 1. The minimum atomic E-state index is -1.03. The van der Waals surface area contributed by atoms with Gasteiger partial charge in [-0.3, -0.25) is 9.59 Å². The molecule has 0 radical (unpaired) electrons. The number of hydrogen-bond donors (Lipinski definition) is 0. The summed E-state index contributed by atoms with van der Waals surface area (Å²) in [6.07, 6.45) is 0.900. The molecule has 0 aliphatic carbocycles. The zero-order valence-corrected chi connectivity index (χ0v) is 13.4. The first-order valence-corrected chi connectivity index (χ1v) is 7.67. The first-order chi connectivity index (χ1) is 10.5. The Morgan fingerprint density at radius 2 is 2.00 bits per heavy atom. The van der Waals surface area contributed by atoms with Crippen LogP contribution >= 0.6 is 11.6 Å². The normalized spacial score (nSPS) is 24.8. The van der Waals surface area contributed by atoms with Gasteiger partial charge >= 0.3 is 5.97 Å². The fraction of sp³-hybridized carbons (Fsp3) is 0.500. The Balaban J connectivity index is 1.93. The van der Waals surface area contributed by atoms with Crippen molar-refractivity contribution in [1.82, 2.24) is 5.06 Å². The zero-order chi connectivity index (χ0) is 15.9. The minimum absolute atomic E-state index is 0.176. The predicted molar refractivity (Wildman–Crippen MR) is 80.6 cm³/mol. The highest BCUT2D eigenvalue weighted by Crippen LogP contribution is 2.43. The van der Waals surface area contributed by atoms with E-state index in [-0.39, 0.29) is 5.78 Å². The maximum absolute atomic E-state index is 12.9. The fourth-order valence-electron chi connectivity index (χ4n) is 3.31. The van der Waals surface area contributed by atoms with Gasteiger partial charge in [0.2, 0.25) is 0 Å². The lowest BCUT2D eigenvalue weighted by Gasteiger charge is -2.35. The third-order valence-electron chi connectivity index (χ3n) is 4.59. The molecule has 1 aromatic carbocycles. The summed E-state index contributed by atoms with van der Waals surface area (Å²) >= 11 is 6.22. The molecule has 2 fully saturated rings. The molecule has 1 aromatic rings. The lowest BCUT2D eigenvalue weighted by Crippen LogP contribution is -2.48. The van der Waals surface area contributed by atoms with Crippen molar-refractivity contribution >= 4 is 23.4 Å². The van der Waals surface area contributed by atoms with Gasteiger partial charge in [0, 0.05) is 31.0 Å². The molecule has 2 aliphatic rings. The summed E-state index contributed by atoms with van der Waals surface area (Å²) in [5.74, 6) is -1.58. The van der Waals surface area contributed by atoms with Gasteiger partial charge in [0.1, 0.15) is 5.92 Å². The molecule has 2 saturated heterocycles. The van der Waals surface area contributed by atoms with Crippen LogP contribution in [-0.2, 0) is 19.2 Å². The summed E-state index contributed by atoms with van der Waals surface area (Å²) in [4.78, 5) is 30.5. The van der Waals surface area contributed by atoms with Gasteiger partial charge in [0.25, 0.3) is 0 Å². The second-order valence-corrected chi connectivity index (χ2v) is 6.20. The van der Waals surface area contributed by atoms with E-state index in [0.29, 0.717) is 36.5 Å². The number of esters is 1. The van der Waals surface area contributed by atoms with Gasteiger partial charge in [-0.05, 0) is 24.1 Å². The van der Waals surface area contributed by atoms with Crippen molar-refractivity contribution in [2.45, 2.75) is 31.3 Å². The van der Waals surface area contributed by atoms with Crippen LogP contribution in [0.3, 0.4) is 0 Å². The lowest BCUT2D eigenvalue weighted by atomic mass is 9.81. The van der Waals surface area contributed by atoms with Crippen LogP contribution in [-0.4, -0.2) is 42.6 Å². The van der Waals surface area contributed by atoms with Crippen molar-refractivity contribution in [1.29, 1.82) is 0 Å². The van der Waals surface area contributed by atoms with Crippen LogP contribution in [0.1, 0.15) is 29.9 Å². The SMILES string of the molecule is CON1CCC2(CC1)OC(=O)C(c1c(C)cccc1Cl)C2=O. The summed E-state index contributed by atoms with van der Waals surface area (Å²) in [6, 6.07) is 5.35. The number of aryl methyl sites for hydroxylation is 1. The molecule has 3 rings (SSSR count). The molecule has 0 bridgehead atoms. The summed E-state index contributed by atoms with van der Waals surface area (Å²) in [6.45, 7) is 2.97. The summed E-state index contributed by atoms with van der Waals surface area (Å²) in [5, 5.41) is 2.20. The molecule has 0 N–H and O–H groups in total. The van der Waals surface area contributed by atoms with Crippen LogP contribution in [0.5, 0.6) is 0 Å². The number of Topliss-reactive ketones (excluding diaryl/α,β-unsaturated/α-hetero) is 1. The molecule has 5 nitrogen and oxygen atoms in total. The molecule has 6 heteroatoms. The van der Waals surface area contributed by atoms with Crippen molar-refractivity contribution < 1.29 is 19.2 Å². The smallest absolute Gasteiger partial charge is 0.322 e. The average molecular weight is 324 g/mol. The van der Waals surface area contributed by atoms with Gasteiger partial charge in [-0.25, -0.2) is 0 Å². The van der Waals surface area contributed by atoms with E-state index in [1.807, 2.05) is 13.0 Å². The van der Waals surface area contributed by atoms with Crippen LogP contribution in [0.4, 0.5) is 0 Å². The minimum Gasteiger partial charge on any atom is -0.450 e. The number of carbonyl (C=O) groups is 2. The molecule has 2 heterocycles. The predicted octanol–water partition coefficient (Wildman–Crippen LogP) is 2.25. The molecule has 1 spiro atoms. The van der Waals surface area contributed by atoms with E-state index >= 15 is 0 Å². The number of rotatable bonds is 2. The van der Waals surface area contributed by atoms with Crippen molar-refractivity contribution in [3.05, 3.63) is 34.3 Å². The molecular formula is C16H18ClNO4. The van der Waals surface area contributed by atoms with Gasteiger partial charge in [-0.15, -0.1) is 0 Å². The molecule has 118 valence electrons. The number of ketones is 1. The van der Waals surface area contributed by atoms with E-state index in [1.165, 1.54) is 0 Å². The standard InChI is InChI=1S/C16H18ClNO4/c1-10-4-3-5-11(17)12(10)13-14(19)16(22-15(13)20)6-8-18(21-2)9-7-16/h3-5,13H,6-9H2,1-2H3. The van der Waals surface area contributed by atoms with E-state index in [4.69, 9.17) is 21.2 Å². The Bertz CT molecular complexity index is 602. The number of carbonyl (C=O) groups excluding carboxylic acids is 2. The van der Waals surface area contributed by atoms with E-state index in [0.717, 1.165) is 5.56 Å². The third-order valence-corrected chi connectivity index (χ3v) is 4.92. The Morgan fingerprint density at radius 1 is 1.32 bits per heavy atom. The molecule has 2 aliphatic heterocycles. The summed E-state index contributed by atoms with van der Waals surface area (Å²) < 4.78 is 5.54. The van der Waals surface area contributed by atoms with Gasteiger partial charge < -0.3 is 9.57 Å². The first kappa shape index (κ1) is 15.5. The van der Waals surface area contributed by atoms with Crippen LogP contribution in [0.2, 0.25) is 5.02 Å². The number of ether oxygens (including phenoxy) is 1. The van der Waals surface area contributed by atoms with E-state index in [1.54, 1.807) is 24.3 Å². The van der Waals surface area contributed by atoms with Crippen LogP contribution in [0, 0.1) is 6.92 Å². The maximum atomic E-state index is 12.9. The Morgan fingerprint density at radius 3 is 2.59 bits per heavy atom. The van der Waals surface area contributed by atoms with Crippen LogP contribution in [0.15, 0.2) is 18.2 Å². The monoisotopic (exact) mass is 323 g/mol. The van der Waals surface area contributed by atoms with E-state index < -0.39 is 17.5 Å². The van der Waals surface area contributed by atoms with Crippen molar-refractivity contribution in [2.24, 2.45) is 0 Å². The number of hydrogen-bond acceptors (Lipinski definition) is 5. The summed E-state index contributed by atoms with van der Waals surface area (Å²) in [7, 11) is 1.59. The summed E-state index contributed by atoms with van der Waals surface area (Å²) in [5.41, 5.74) is 0.377. The lowest BCUT2D eigenvalue weighted by molar-refractivity contribution is -0.184. The van der Waals surface area contributed by atoms with Crippen LogP contribution in [0.25, 0.3) is 0 Å². The van der Waals surface area contributed by atoms with E-state index in [9.17, 15) is 9.59 Å². The van der Waals surface area contributed by atoms with Crippen molar-refractivity contribution in [3.63, 3.8) is 0 Å². The van der Waals surface area contributed by atoms with E-state index in [2.05, 4.69) is 0 Å². The van der Waals surface area contributed by atoms with Crippen molar-refractivity contribution in [3.8, 4) is 0 Å². The Kier molecular flexibility index (Phi) is 3.97. The number of halogens is 1.